The summed E-state index contributed by atoms with van der Waals surface area (Å²) in [6, 6.07) is 12.0. The number of carbonyl (C=O) groups is 3. The predicted molar refractivity (Wildman–Crippen MR) is 101 cm³/mol. The molecule has 7 nitrogen and oxygen atoms in total. The van der Waals surface area contributed by atoms with Crippen molar-refractivity contribution in [2.45, 2.75) is 20.3 Å². The SMILES string of the molecule is CCc1cccc(C)c1NC(=O)COC(=O)COc1ccccc1C(N)=O. The standard InChI is InChI=1S/C20H22N2O5/c1-3-14-8-6-7-13(2)19(14)22-17(23)11-27-18(24)12-26-16-10-5-4-9-15(16)20(21)25/h4-10H,3,11-12H2,1-2H3,(H2,21,25)(H,22,23). The van der Waals surface area contributed by atoms with Gasteiger partial charge in [0, 0.05) is 5.69 Å². The maximum absolute atomic E-state index is 12.1. The van der Waals surface area contributed by atoms with Crippen LogP contribution in [0.3, 0.4) is 0 Å². The second kappa shape index (κ2) is 9.38. The van der Waals surface area contributed by atoms with Crippen LogP contribution in [-0.4, -0.2) is 31.0 Å². The lowest BCUT2D eigenvalue weighted by atomic mass is 10.1. The van der Waals surface area contributed by atoms with E-state index in [2.05, 4.69) is 5.32 Å². The van der Waals surface area contributed by atoms with Crippen LogP contribution in [0.5, 0.6) is 5.75 Å². The van der Waals surface area contributed by atoms with Gasteiger partial charge < -0.3 is 20.5 Å². The molecule has 27 heavy (non-hydrogen) atoms. The van der Waals surface area contributed by atoms with Gasteiger partial charge in [-0.2, -0.15) is 0 Å². The first-order chi connectivity index (χ1) is 12.9. The fourth-order valence-corrected chi connectivity index (χ4v) is 2.50. The van der Waals surface area contributed by atoms with Crippen molar-refractivity contribution in [2.75, 3.05) is 18.5 Å². The number of benzene rings is 2. The van der Waals surface area contributed by atoms with Crippen molar-refractivity contribution in [1.29, 1.82) is 0 Å². The van der Waals surface area contributed by atoms with Gasteiger partial charge in [0.1, 0.15) is 5.75 Å². The van der Waals surface area contributed by atoms with Crippen LogP contribution in [0.25, 0.3) is 0 Å². The van der Waals surface area contributed by atoms with E-state index in [0.29, 0.717) is 0 Å². The van der Waals surface area contributed by atoms with Crippen LogP contribution in [-0.2, 0) is 20.7 Å². The van der Waals surface area contributed by atoms with Crippen molar-refractivity contribution < 1.29 is 23.9 Å². The number of nitrogens with one attached hydrogen (secondary N) is 1. The summed E-state index contributed by atoms with van der Waals surface area (Å²) in [4.78, 5) is 35.2. The molecule has 2 amide bonds. The highest BCUT2D eigenvalue weighted by molar-refractivity contribution is 5.96. The molecule has 0 fully saturated rings. The number of ether oxygens (including phenoxy) is 2. The molecule has 0 spiro atoms. The van der Waals surface area contributed by atoms with Gasteiger partial charge in [-0.1, -0.05) is 37.3 Å². The van der Waals surface area contributed by atoms with Gasteiger partial charge in [0.15, 0.2) is 13.2 Å². The van der Waals surface area contributed by atoms with Gasteiger partial charge in [0.25, 0.3) is 11.8 Å². The lowest BCUT2D eigenvalue weighted by molar-refractivity contribution is -0.149. The Bertz CT molecular complexity index is 848. The number of hydrogen-bond acceptors (Lipinski definition) is 5. The van der Waals surface area contributed by atoms with Gasteiger partial charge >= 0.3 is 5.97 Å². The van der Waals surface area contributed by atoms with Crippen molar-refractivity contribution in [3.63, 3.8) is 0 Å². The van der Waals surface area contributed by atoms with Crippen LogP contribution in [0.15, 0.2) is 42.5 Å². The average molecular weight is 370 g/mol. The molecule has 0 atom stereocenters. The van der Waals surface area contributed by atoms with Gasteiger partial charge in [-0.3, -0.25) is 9.59 Å². The zero-order valence-electron chi connectivity index (χ0n) is 15.3. The number of primary amides is 1. The molecule has 2 aromatic rings. The Morgan fingerprint density at radius 1 is 1.04 bits per heavy atom. The maximum atomic E-state index is 12.1. The Hall–Kier alpha value is -3.35. The Morgan fingerprint density at radius 2 is 1.78 bits per heavy atom. The second-order valence-electron chi connectivity index (χ2n) is 5.82. The largest absolute Gasteiger partial charge is 0.481 e. The molecule has 0 aliphatic carbocycles. The molecule has 0 aliphatic heterocycles. The molecule has 0 heterocycles. The fourth-order valence-electron chi connectivity index (χ4n) is 2.50. The van der Waals surface area contributed by atoms with Gasteiger partial charge in [-0.25, -0.2) is 4.79 Å². The predicted octanol–water partition coefficient (Wildman–Crippen LogP) is 2.22. The van der Waals surface area contributed by atoms with Crippen LogP contribution in [0.2, 0.25) is 0 Å². The summed E-state index contributed by atoms with van der Waals surface area (Å²) in [6.45, 7) is 3.01. The number of hydrogen-bond donors (Lipinski definition) is 2. The zero-order chi connectivity index (χ0) is 19.8. The van der Waals surface area contributed by atoms with Gasteiger partial charge in [0.05, 0.1) is 5.56 Å². The van der Waals surface area contributed by atoms with E-state index in [1.807, 2.05) is 32.0 Å². The summed E-state index contributed by atoms with van der Waals surface area (Å²) in [5.41, 5.74) is 8.06. The zero-order valence-corrected chi connectivity index (χ0v) is 15.3. The van der Waals surface area contributed by atoms with E-state index in [0.717, 1.165) is 23.2 Å². The minimum absolute atomic E-state index is 0.162. The molecule has 142 valence electrons. The topological polar surface area (TPSA) is 108 Å². The molecule has 0 saturated carbocycles. The lowest BCUT2D eigenvalue weighted by Crippen LogP contribution is -2.24. The molecule has 0 aliphatic rings. The molecule has 0 saturated heterocycles. The van der Waals surface area contributed by atoms with Gasteiger partial charge in [-0.05, 0) is 36.6 Å². The van der Waals surface area contributed by atoms with Crippen molar-refractivity contribution in [1.82, 2.24) is 0 Å². The van der Waals surface area contributed by atoms with E-state index in [4.69, 9.17) is 15.2 Å². The minimum atomic E-state index is -0.732. The van der Waals surface area contributed by atoms with Crippen LogP contribution < -0.4 is 15.8 Å². The number of esters is 1. The first-order valence-electron chi connectivity index (χ1n) is 8.48. The summed E-state index contributed by atoms with van der Waals surface area (Å²) < 4.78 is 10.2. The summed E-state index contributed by atoms with van der Waals surface area (Å²) in [6.07, 6.45) is 0.768. The summed E-state index contributed by atoms with van der Waals surface area (Å²) in [5.74, 6) is -1.66. The summed E-state index contributed by atoms with van der Waals surface area (Å²) in [7, 11) is 0. The van der Waals surface area contributed by atoms with Crippen molar-refractivity contribution >= 4 is 23.5 Å². The van der Waals surface area contributed by atoms with Crippen LogP contribution >= 0.6 is 0 Å². The Kier molecular flexibility index (Phi) is 6.93. The minimum Gasteiger partial charge on any atom is -0.481 e. The van der Waals surface area contributed by atoms with Crippen LogP contribution in [0, 0.1) is 6.92 Å². The third kappa shape index (κ3) is 5.57. The monoisotopic (exact) mass is 370 g/mol. The van der Waals surface area contributed by atoms with E-state index < -0.39 is 31.0 Å². The molecule has 2 rings (SSSR count). The third-order valence-electron chi connectivity index (χ3n) is 3.87. The van der Waals surface area contributed by atoms with Crippen LogP contribution in [0.1, 0.15) is 28.4 Å². The van der Waals surface area contributed by atoms with E-state index in [1.54, 1.807) is 12.1 Å². The highest BCUT2D eigenvalue weighted by atomic mass is 16.6. The third-order valence-corrected chi connectivity index (χ3v) is 3.87. The van der Waals surface area contributed by atoms with E-state index in [-0.39, 0.29) is 11.3 Å². The quantitative estimate of drug-likeness (QED) is 0.693. The number of para-hydroxylation sites is 2. The van der Waals surface area contributed by atoms with Gasteiger partial charge in [-0.15, -0.1) is 0 Å². The Morgan fingerprint density at radius 3 is 2.48 bits per heavy atom. The molecular formula is C20H22N2O5. The smallest absolute Gasteiger partial charge is 0.344 e. The molecule has 2 aromatic carbocycles. The number of anilines is 1. The highest BCUT2D eigenvalue weighted by Crippen LogP contribution is 2.21. The lowest BCUT2D eigenvalue weighted by Gasteiger charge is -2.13. The van der Waals surface area contributed by atoms with Crippen molar-refractivity contribution in [3.8, 4) is 5.75 Å². The number of nitrogens with two attached hydrogens (primary N) is 1. The Labute approximate surface area is 157 Å². The molecule has 0 radical (unpaired) electrons. The van der Waals surface area contributed by atoms with E-state index >= 15 is 0 Å². The second-order valence-corrected chi connectivity index (χ2v) is 5.82. The van der Waals surface area contributed by atoms with Gasteiger partial charge in [0.2, 0.25) is 0 Å². The molecule has 0 bridgehead atoms. The van der Waals surface area contributed by atoms with Crippen molar-refractivity contribution in [3.05, 3.63) is 59.2 Å². The maximum Gasteiger partial charge on any atom is 0.344 e. The number of aryl methyl sites for hydroxylation is 2. The molecule has 7 heteroatoms. The van der Waals surface area contributed by atoms with E-state index in [1.165, 1.54) is 12.1 Å². The molecule has 0 unspecified atom stereocenters. The average Bonchev–Trinajstić information content (AvgIpc) is 2.66. The van der Waals surface area contributed by atoms with Crippen molar-refractivity contribution in [2.24, 2.45) is 5.73 Å². The summed E-state index contributed by atoms with van der Waals surface area (Å²) >= 11 is 0. The van der Waals surface area contributed by atoms with Crippen LogP contribution in [0.4, 0.5) is 5.69 Å². The number of rotatable bonds is 8. The first kappa shape index (κ1) is 20.0. The normalized spacial score (nSPS) is 10.1. The Balaban J connectivity index is 1.86. The first-order valence-corrected chi connectivity index (χ1v) is 8.48. The highest BCUT2D eigenvalue weighted by Gasteiger charge is 2.13. The fraction of sp³-hybridized carbons (Fsp3) is 0.250. The molecular weight excluding hydrogens is 348 g/mol. The molecule has 0 aromatic heterocycles. The summed E-state index contributed by atoms with van der Waals surface area (Å²) in [5, 5.41) is 2.76. The van der Waals surface area contributed by atoms with E-state index in [9.17, 15) is 14.4 Å². The molecule has 3 N–H and O–H groups in total. The number of amides is 2. The number of carbonyl (C=O) groups excluding carboxylic acids is 3.